The summed E-state index contributed by atoms with van der Waals surface area (Å²) in [7, 11) is -2.36. The van der Waals surface area contributed by atoms with Crippen molar-refractivity contribution in [3.8, 4) is 5.75 Å². The zero-order valence-electron chi connectivity index (χ0n) is 17.0. The third-order valence-electron chi connectivity index (χ3n) is 4.27. The van der Waals surface area contributed by atoms with Crippen molar-refractivity contribution in [2.45, 2.75) is 44.1 Å². The van der Waals surface area contributed by atoms with Crippen molar-refractivity contribution >= 4 is 16.0 Å². The number of halogens is 1. The molecule has 0 radical (unpaired) electrons. The molecule has 0 spiro atoms. The fourth-order valence-electron chi connectivity index (χ4n) is 2.54. The lowest BCUT2D eigenvalue weighted by Crippen LogP contribution is -2.27. The molecule has 0 fully saturated rings. The summed E-state index contributed by atoms with van der Waals surface area (Å²) in [6, 6.07) is 10.9. The molecule has 2 aromatic carbocycles. The van der Waals surface area contributed by atoms with Gasteiger partial charge in [-0.15, -0.1) is 0 Å². The van der Waals surface area contributed by atoms with Crippen LogP contribution in [0.2, 0.25) is 0 Å². The van der Waals surface area contributed by atoms with Crippen molar-refractivity contribution in [3.05, 3.63) is 59.4 Å². The van der Waals surface area contributed by atoms with Gasteiger partial charge in [0.1, 0.15) is 6.61 Å². The van der Waals surface area contributed by atoms with Gasteiger partial charge in [-0.05, 0) is 40.8 Å². The molecule has 29 heavy (non-hydrogen) atoms. The molecule has 2 aromatic rings. The molecule has 2 rings (SSSR count). The van der Waals surface area contributed by atoms with E-state index in [1.165, 1.54) is 19.2 Å². The van der Waals surface area contributed by atoms with Gasteiger partial charge < -0.3 is 9.47 Å². The zero-order valence-corrected chi connectivity index (χ0v) is 17.8. The van der Waals surface area contributed by atoms with E-state index in [1.807, 2.05) is 20.8 Å². The van der Waals surface area contributed by atoms with Crippen LogP contribution in [0.15, 0.2) is 47.4 Å². The minimum absolute atomic E-state index is 0.0771. The third-order valence-corrected chi connectivity index (χ3v) is 5.74. The number of carbonyl (C=O) groups excluding carboxylic acids is 1. The molecular weight excluding hydrogens is 397 g/mol. The van der Waals surface area contributed by atoms with Gasteiger partial charge >= 0.3 is 5.97 Å². The third kappa shape index (κ3) is 6.54. The van der Waals surface area contributed by atoms with Crippen LogP contribution < -0.4 is 9.46 Å². The number of methoxy groups -OCH3 is 1. The quantitative estimate of drug-likeness (QED) is 0.657. The average molecular weight is 424 g/mol. The van der Waals surface area contributed by atoms with Crippen molar-refractivity contribution in [2.75, 3.05) is 13.7 Å². The van der Waals surface area contributed by atoms with E-state index in [0.717, 1.165) is 5.56 Å². The Bertz CT molecular complexity index is 950. The molecule has 0 aliphatic carbocycles. The lowest BCUT2D eigenvalue weighted by Gasteiger charge is -2.19. The zero-order chi connectivity index (χ0) is 21.7. The largest absolute Gasteiger partial charge is 0.494 e. The lowest BCUT2D eigenvalue weighted by molar-refractivity contribution is -0.144. The minimum Gasteiger partial charge on any atom is -0.494 e. The Hall–Kier alpha value is -2.45. The Labute approximate surface area is 171 Å². The number of hydrogen-bond donors (Lipinski definition) is 1. The van der Waals surface area contributed by atoms with E-state index in [4.69, 9.17) is 9.47 Å². The maximum absolute atomic E-state index is 13.6. The summed E-state index contributed by atoms with van der Waals surface area (Å²) in [6.07, 6.45) is -0.141. The van der Waals surface area contributed by atoms with E-state index in [2.05, 4.69) is 4.72 Å². The second-order valence-corrected chi connectivity index (χ2v) is 9.32. The standard InChI is InChI=1S/C21H26FNO5S/c1-21(2,3)16-6-8-17(9-7-16)29(25,26)23-12-11-20(24)28-14-15-5-10-19(27-4)18(22)13-15/h5-10,13,23H,11-12,14H2,1-4H3. The average Bonchev–Trinajstić information content (AvgIpc) is 2.66. The number of carbonyl (C=O) groups is 1. The SMILES string of the molecule is COc1ccc(COC(=O)CCNS(=O)(=O)c2ccc(C(C)(C)C)cc2)cc1F. The van der Waals surface area contributed by atoms with Gasteiger partial charge in [-0.25, -0.2) is 17.5 Å². The van der Waals surface area contributed by atoms with Crippen molar-refractivity contribution in [2.24, 2.45) is 0 Å². The molecule has 8 heteroatoms. The monoisotopic (exact) mass is 423 g/mol. The van der Waals surface area contributed by atoms with E-state index >= 15 is 0 Å². The number of benzene rings is 2. The maximum atomic E-state index is 13.6. The maximum Gasteiger partial charge on any atom is 0.307 e. The van der Waals surface area contributed by atoms with Crippen molar-refractivity contribution < 1.29 is 27.1 Å². The molecule has 0 unspecified atom stereocenters. The van der Waals surface area contributed by atoms with Crippen LogP contribution in [-0.2, 0) is 31.6 Å². The predicted octanol–water partition coefficient (Wildman–Crippen LogP) is 3.54. The second-order valence-electron chi connectivity index (χ2n) is 7.55. The first-order valence-electron chi connectivity index (χ1n) is 9.11. The van der Waals surface area contributed by atoms with Gasteiger partial charge in [-0.1, -0.05) is 39.0 Å². The summed E-state index contributed by atoms with van der Waals surface area (Å²) >= 11 is 0. The summed E-state index contributed by atoms with van der Waals surface area (Å²) in [4.78, 5) is 12.0. The molecule has 0 heterocycles. The Balaban J connectivity index is 1.83. The number of sulfonamides is 1. The molecule has 0 aliphatic heterocycles. The van der Waals surface area contributed by atoms with Gasteiger partial charge in [-0.2, -0.15) is 0 Å². The number of nitrogens with one attached hydrogen (secondary N) is 1. The van der Waals surface area contributed by atoms with E-state index in [9.17, 15) is 17.6 Å². The van der Waals surface area contributed by atoms with Crippen LogP contribution in [0.5, 0.6) is 5.75 Å². The topological polar surface area (TPSA) is 81.7 Å². The molecular formula is C21H26FNO5S. The molecule has 0 saturated heterocycles. The van der Waals surface area contributed by atoms with Crippen LogP contribution in [0.25, 0.3) is 0 Å². The Kier molecular flexibility index (Phi) is 7.37. The minimum atomic E-state index is -3.72. The molecule has 0 atom stereocenters. The molecule has 6 nitrogen and oxygen atoms in total. The lowest BCUT2D eigenvalue weighted by atomic mass is 9.87. The van der Waals surface area contributed by atoms with E-state index < -0.39 is 21.8 Å². The summed E-state index contributed by atoms with van der Waals surface area (Å²) < 4.78 is 50.5. The van der Waals surface area contributed by atoms with Gasteiger partial charge in [0.05, 0.1) is 18.4 Å². The number of ether oxygens (including phenoxy) is 2. The van der Waals surface area contributed by atoms with Crippen LogP contribution in [0.1, 0.15) is 38.3 Å². The van der Waals surface area contributed by atoms with Crippen LogP contribution in [-0.4, -0.2) is 28.0 Å². The number of esters is 1. The smallest absolute Gasteiger partial charge is 0.307 e. The molecule has 0 aromatic heterocycles. The van der Waals surface area contributed by atoms with E-state index in [1.54, 1.807) is 30.3 Å². The molecule has 0 bridgehead atoms. The van der Waals surface area contributed by atoms with Crippen LogP contribution >= 0.6 is 0 Å². The Morgan fingerprint density at radius 3 is 2.31 bits per heavy atom. The first-order chi connectivity index (χ1) is 13.5. The van der Waals surface area contributed by atoms with Gasteiger partial charge in [0.15, 0.2) is 11.6 Å². The summed E-state index contributed by atoms with van der Waals surface area (Å²) in [5.74, 6) is -1.04. The molecule has 0 amide bonds. The predicted molar refractivity (Wildman–Crippen MR) is 108 cm³/mol. The molecule has 1 N–H and O–H groups in total. The molecule has 0 saturated carbocycles. The fraction of sp³-hybridized carbons (Fsp3) is 0.381. The normalized spacial score (nSPS) is 11.9. The highest BCUT2D eigenvalue weighted by atomic mass is 32.2. The Morgan fingerprint density at radius 2 is 1.76 bits per heavy atom. The van der Waals surface area contributed by atoms with Gasteiger partial charge in [0.25, 0.3) is 0 Å². The second kappa shape index (κ2) is 9.37. The highest BCUT2D eigenvalue weighted by Crippen LogP contribution is 2.23. The van der Waals surface area contributed by atoms with E-state index in [0.29, 0.717) is 5.56 Å². The Morgan fingerprint density at radius 1 is 1.10 bits per heavy atom. The number of rotatable bonds is 8. The van der Waals surface area contributed by atoms with Gasteiger partial charge in [0.2, 0.25) is 10.0 Å². The molecule has 0 aliphatic rings. The van der Waals surface area contributed by atoms with Gasteiger partial charge in [0, 0.05) is 6.54 Å². The van der Waals surface area contributed by atoms with Crippen LogP contribution in [0, 0.1) is 5.82 Å². The van der Waals surface area contributed by atoms with Crippen LogP contribution in [0.4, 0.5) is 4.39 Å². The summed E-state index contributed by atoms with van der Waals surface area (Å²) in [5, 5.41) is 0. The number of hydrogen-bond acceptors (Lipinski definition) is 5. The first-order valence-corrected chi connectivity index (χ1v) is 10.6. The highest BCUT2D eigenvalue weighted by molar-refractivity contribution is 7.89. The summed E-state index contributed by atoms with van der Waals surface area (Å²) in [5.41, 5.74) is 1.41. The first kappa shape index (κ1) is 22.8. The highest BCUT2D eigenvalue weighted by Gasteiger charge is 2.18. The van der Waals surface area contributed by atoms with Crippen LogP contribution in [0.3, 0.4) is 0 Å². The van der Waals surface area contributed by atoms with E-state index in [-0.39, 0.29) is 35.6 Å². The molecule has 158 valence electrons. The fourth-order valence-corrected chi connectivity index (χ4v) is 3.57. The summed E-state index contributed by atoms with van der Waals surface area (Å²) in [6.45, 7) is 5.92. The van der Waals surface area contributed by atoms with Crippen molar-refractivity contribution in [1.82, 2.24) is 4.72 Å². The van der Waals surface area contributed by atoms with Crippen molar-refractivity contribution in [1.29, 1.82) is 0 Å². The van der Waals surface area contributed by atoms with Gasteiger partial charge in [-0.3, -0.25) is 4.79 Å². The van der Waals surface area contributed by atoms with Crippen molar-refractivity contribution in [3.63, 3.8) is 0 Å².